The summed E-state index contributed by atoms with van der Waals surface area (Å²) in [5.74, 6) is 1.00. The first kappa shape index (κ1) is 22.7. The highest BCUT2D eigenvalue weighted by Gasteiger charge is 2.33. The van der Waals surface area contributed by atoms with Gasteiger partial charge in [-0.2, -0.15) is 16.8 Å². The first-order valence-electron chi connectivity index (χ1n) is 7.95. The van der Waals surface area contributed by atoms with Gasteiger partial charge in [-0.3, -0.25) is 9.11 Å². The van der Waals surface area contributed by atoms with E-state index in [9.17, 15) is 16.8 Å². The Bertz CT molecular complexity index is 724. The second-order valence-electron chi connectivity index (χ2n) is 7.14. The Morgan fingerprint density at radius 3 is 1.23 bits per heavy atom. The normalized spacial score (nSPS) is 13.5. The van der Waals surface area contributed by atoms with Crippen LogP contribution in [0.15, 0.2) is 24.3 Å². The van der Waals surface area contributed by atoms with E-state index in [1.807, 2.05) is 0 Å². The minimum absolute atomic E-state index is 0.107. The molecule has 0 radical (unpaired) electrons. The fourth-order valence-corrected chi connectivity index (χ4v) is 2.40. The van der Waals surface area contributed by atoms with Gasteiger partial charge in [-0.15, -0.1) is 0 Å². The predicted molar refractivity (Wildman–Crippen MR) is 97.9 cm³/mol. The summed E-state index contributed by atoms with van der Waals surface area (Å²) in [5.41, 5.74) is 0. The molecule has 0 amide bonds. The van der Waals surface area contributed by atoms with Crippen LogP contribution in [0.5, 0.6) is 11.5 Å². The summed E-state index contributed by atoms with van der Waals surface area (Å²) in [6.07, 6.45) is 0.240. The number of benzene rings is 1. The number of ether oxygens (including phenoxy) is 2. The van der Waals surface area contributed by atoms with Crippen LogP contribution < -0.4 is 9.47 Å². The molecule has 0 saturated heterocycles. The zero-order valence-electron chi connectivity index (χ0n) is 15.3. The molecular weight excluding hydrogens is 384 g/mol. The highest BCUT2D eigenvalue weighted by molar-refractivity contribution is 7.87. The van der Waals surface area contributed by atoms with Crippen LogP contribution in [0.1, 0.15) is 40.5 Å². The SMILES string of the molecule is CC(C)(CCOc1ccc(OCCC(C)(C)S(=O)(=O)O)cc1)S(=O)(=O)O. The first-order chi connectivity index (χ1) is 11.7. The van der Waals surface area contributed by atoms with Crippen molar-refractivity contribution in [2.75, 3.05) is 13.2 Å². The van der Waals surface area contributed by atoms with E-state index in [2.05, 4.69) is 0 Å². The van der Waals surface area contributed by atoms with Crippen molar-refractivity contribution < 1.29 is 35.4 Å². The Hall–Kier alpha value is -1.36. The van der Waals surface area contributed by atoms with Gasteiger partial charge < -0.3 is 9.47 Å². The molecule has 0 atom stereocenters. The summed E-state index contributed by atoms with van der Waals surface area (Å²) in [4.78, 5) is 0. The Balaban J connectivity index is 2.50. The molecule has 0 fully saturated rings. The average Bonchev–Trinajstić information content (AvgIpc) is 2.46. The summed E-state index contributed by atoms with van der Waals surface area (Å²) in [7, 11) is -8.31. The summed E-state index contributed by atoms with van der Waals surface area (Å²) < 4.78 is 71.4. The van der Waals surface area contributed by atoms with E-state index < -0.39 is 29.7 Å². The van der Waals surface area contributed by atoms with Crippen molar-refractivity contribution in [3.05, 3.63) is 24.3 Å². The third-order valence-electron chi connectivity index (χ3n) is 4.17. The van der Waals surface area contributed by atoms with Crippen molar-refractivity contribution in [1.82, 2.24) is 0 Å². The highest BCUT2D eigenvalue weighted by atomic mass is 32.2. The zero-order valence-corrected chi connectivity index (χ0v) is 16.9. The minimum atomic E-state index is -4.16. The molecule has 26 heavy (non-hydrogen) atoms. The van der Waals surface area contributed by atoms with Crippen LogP contribution in [-0.4, -0.2) is 48.6 Å². The maximum absolute atomic E-state index is 11.2. The molecule has 0 aliphatic carbocycles. The number of hydrogen-bond acceptors (Lipinski definition) is 6. The van der Waals surface area contributed by atoms with Crippen LogP contribution in [0.3, 0.4) is 0 Å². The van der Waals surface area contributed by atoms with Crippen molar-refractivity contribution in [1.29, 1.82) is 0 Å². The van der Waals surface area contributed by atoms with Gasteiger partial charge in [-0.05, 0) is 52.0 Å². The third-order valence-corrected chi connectivity index (χ3v) is 7.37. The van der Waals surface area contributed by atoms with Gasteiger partial charge in [0.15, 0.2) is 0 Å². The molecule has 1 aromatic rings. The fraction of sp³-hybridized carbons (Fsp3) is 0.625. The largest absolute Gasteiger partial charge is 0.494 e. The molecule has 0 aliphatic rings. The molecule has 1 aromatic carbocycles. The quantitative estimate of drug-likeness (QED) is 0.563. The lowest BCUT2D eigenvalue weighted by Crippen LogP contribution is -2.33. The van der Waals surface area contributed by atoms with Crippen LogP contribution in [0.25, 0.3) is 0 Å². The van der Waals surface area contributed by atoms with Crippen molar-refractivity contribution in [2.45, 2.75) is 50.0 Å². The lowest BCUT2D eigenvalue weighted by molar-refractivity contribution is 0.281. The molecule has 2 N–H and O–H groups in total. The van der Waals surface area contributed by atoms with Gasteiger partial charge in [0.25, 0.3) is 20.2 Å². The van der Waals surface area contributed by atoms with E-state index in [1.54, 1.807) is 24.3 Å². The molecule has 0 saturated carbocycles. The summed E-state index contributed by atoms with van der Waals surface area (Å²) in [6, 6.07) is 6.51. The van der Waals surface area contributed by atoms with Gasteiger partial charge in [0.05, 0.1) is 22.7 Å². The maximum atomic E-state index is 11.2. The maximum Gasteiger partial charge on any atom is 0.270 e. The fourth-order valence-electron chi connectivity index (χ4n) is 1.72. The van der Waals surface area contributed by atoms with Gasteiger partial charge in [0.1, 0.15) is 11.5 Å². The highest BCUT2D eigenvalue weighted by Crippen LogP contribution is 2.23. The van der Waals surface area contributed by atoms with Crippen molar-refractivity contribution in [3.63, 3.8) is 0 Å². The van der Waals surface area contributed by atoms with Gasteiger partial charge in [0.2, 0.25) is 0 Å². The number of hydrogen-bond donors (Lipinski definition) is 2. The smallest absolute Gasteiger partial charge is 0.270 e. The van der Waals surface area contributed by atoms with Gasteiger partial charge in [-0.1, -0.05) is 0 Å². The Kier molecular flexibility index (Phi) is 7.08. The molecule has 0 spiro atoms. The second kappa shape index (κ2) is 8.12. The van der Waals surface area contributed by atoms with Crippen LogP contribution in [0.4, 0.5) is 0 Å². The second-order valence-corrected chi connectivity index (χ2v) is 11.2. The Morgan fingerprint density at radius 1 is 0.731 bits per heavy atom. The minimum Gasteiger partial charge on any atom is -0.494 e. The molecule has 0 aliphatic heterocycles. The number of rotatable bonds is 10. The summed E-state index contributed by atoms with van der Waals surface area (Å²) in [6.45, 7) is 5.87. The van der Waals surface area contributed by atoms with E-state index in [0.717, 1.165) is 0 Å². The van der Waals surface area contributed by atoms with Gasteiger partial charge >= 0.3 is 0 Å². The topological polar surface area (TPSA) is 127 Å². The van der Waals surface area contributed by atoms with Gasteiger partial charge in [0, 0.05) is 12.8 Å². The van der Waals surface area contributed by atoms with Crippen LogP contribution in [0.2, 0.25) is 0 Å². The standard InChI is InChI=1S/C16H26O8S2/c1-15(2,25(17,18)19)9-11-23-13-5-7-14(8-6-13)24-12-10-16(3,4)26(20,21)22/h5-8H,9-12H2,1-4H3,(H,17,18,19)(H,20,21,22). The average molecular weight is 411 g/mol. The summed E-state index contributed by atoms with van der Waals surface area (Å²) in [5, 5.41) is 0. The van der Waals surface area contributed by atoms with Crippen molar-refractivity contribution in [2.24, 2.45) is 0 Å². The molecule has 8 nitrogen and oxygen atoms in total. The molecule has 0 bridgehead atoms. The summed E-state index contributed by atoms with van der Waals surface area (Å²) >= 11 is 0. The third kappa shape index (κ3) is 6.42. The van der Waals surface area contributed by atoms with Crippen LogP contribution in [0, 0.1) is 0 Å². The van der Waals surface area contributed by atoms with E-state index in [4.69, 9.17) is 18.6 Å². The Morgan fingerprint density at radius 2 is 1.00 bits per heavy atom. The molecular formula is C16H26O8S2. The predicted octanol–water partition coefficient (Wildman–Crippen LogP) is 2.56. The Labute approximate surface area is 155 Å². The van der Waals surface area contributed by atoms with Crippen molar-refractivity contribution in [3.8, 4) is 11.5 Å². The molecule has 150 valence electrons. The van der Waals surface area contributed by atoms with E-state index in [-0.39, 0.29) is 26.1 Å². The van der Waals surface area contributed by atoms with E-state index >= 15 is 0 Å². The molecule has 1 rings (SSSR count). The van der Waals surface area contributed by atoms with Gasteiger partial charge in [-0.25, -0.2) is 0 Å². The monoisotopic (exact) mass is 410 g/mol. The molecule has 0 unspecified atom stereocenters. The van der Waals surface area contributed by atoms with E-state index in [0.29, 0.717) is 11.5 Å². The molecule has 10 heteroatoms. The van der Waals surface area contributed by atoms with Crippen LogP contribution >= 0.6 is 0 Å². The molecule has 0 aromatic heterocycles. The van der Waals surface area contributed by atoms with E-state index in [1.165, 1.54) is 27.7 Å². The molecule has 0 heterocycles. The zero-order chi connectivity index (χ0) is 20.2. The lowest BCUT2D eigenvalue weighted by atomic mass is 10.1. The first-order valence-corrected chi connectivity index (χ1v) is 10.8. The lowest BCUT2D eigenvalue weighted by Gasteiger charge is -2.21. The van der Waals surface area contributed by atoms with Crippen molar-refractivity contribution >= 4 is 20.2 Å². The van der Waals surface area contributed by atoms with Crippen LogP contribution in [-0.2, 0) is 20.2 Å².